The lowest BCUT2D eigenvalue weighted by atomic mass is 10.1. The Morgan fingerprint density at radius 3 is 2.67 bits per heavy atom. The topological polar surface area (TPSA) is 78.9 Å². The van der Waals surface area contributed by atoms with Crippen molar-refractivity contribution in [2.75, 3.05) is 33.4 Å². The number of hydrogen-bond donors (Lipinski definition) is 2. The van der Waals surface area contributed by atoms with Crippen LogP contribution in [-0.4, -0.2) is 55.4 Å². The Hall–Kier alpha value is -1.30. The van der Waals surface area contributed by atoms with Crippen molar-refractivity contribution < 1.29 is 19.4 Å². The number of methoxy groups -OCH3 is 1. The molecule has 6 nitrogen and oxygen atoms in total. The van der Waals surface area contributed by atoms with Gasteiger partial charge in [0.2, 0.25) is 0 Å². The van der Waals surface area contributed by atoms with E-state index in [9.17, 15) is 9.59 Å². The maximum Gasteiger partial charge on any atom is 0.323 e. The summed E-state index contributed by atoms with van der Waals surface area (Å²) in [4.78, 5) is 23.8. The monoisotopic (exact) mass is 258 g/mol. The highest BCUT2D eigenvalue weighted by atomic mass is 16.5. The highest BCUT2D eigenvalue weighted by molar-refractivity contribution is 5.80. The molecule has 0 bridgehead atoms. The number of carbonyl (C=O) groups is 2. The second-order valence-electron chi connectivity index (χ2n) is 4.81. The van der Waals surface area contributed by atoms with Gasteiger partial charge in [-0.05, 0) is 24.7 Å². The second-order valence-corrected chi connectivity index (χ2v) is 4.81. The number of urea groups is 1. The molecule has 0 aliphatic heterocycles. The van der Waals surface area contributed by atoms with E-state index in [-0.39, 0.29) is 19.1 Å². The summed E-state index contributed by atoms with van der Waals surface area (Å²) in [6, 6.07) is -0.332. The number of carbonyl (C=O) groups excluding carboxylic acids is 1. The van der Waals surface area contributed by atoms with Gasteiger partial charge in [0.05, 0.1) is 6.61 Å². The van der Waals surface area contributed by atoms with E-state index in [0.29, 0.717) is 19.1 Å². The second kappa shape index (κ2) is 7.20. The van der Waals surface area contributed by atoms with E-state index in [1.54, 1.807) is 0 Å². The summed E-state index contributed by atoms with van der Waals surface area (Å²) in [7, 11) is 1.52. The zero-order valence-electron chi connectivity index (χ0n) is 11.0. The van der Waals surface area contributed by atoms with Crippen molar-refractivity contribution in [3.63, 3.8) is 0 Å². The van der Waals surface area contributed by atoms with E-state index in [1.165, 1.54) is 24.9 Å². The van der Waals surface area contributed by atoms with Crippen molar-refractivity contribution in [3.8, 4) is 0 Å². The van der Waals surface area contributed by atoms with E-state index in [4.69, 9.17) is 9.84 Å². The van der Waals surface area contributed by atoms with Crippen LogP contribution in [0.1, 0.15) is 19.8 Å². The number of ether oxygens (including phenoxy) is 1. The highest BCUT2D eigenvalue weighted by Crippen LogP contribution is 2.36. The molecule has 1 fully saturated rings. The van der Waals surface area contributed by atoms with Crippen molar-refractivity contribution in [3.05, 3.63) is 0 Å². The fourth-order valence-electron chi connectivity index (χ4n) is 1.81. The Morgan fingerprint density at radius 2 is 2.17 bits per heavy atom. The number of aliphatic carboxylic acids is 1. The maximum absolute atomic E-state index is 11.8. The molecular weight excluding hydrogens is 236 g/mol. The van der Waals surface area contributed by atoms with Crippen LogP contribution in [0.15, 0.2) is 0 Å². The third-order valence-electron chi connectivity index (χ3n) is 3.18. The molecule has 1 rings (SSSR count). The minimum Gasteiger partial charge on any atom is -0.480 e. The van der Waals surface area contributed by atoms with E-state index in [1.807, 2.05) is 0 Å². The van der Waals surface area contributed by atoms with Crippen molar-refractivity contribution >= 4 is 12.0 Å². The van der Waals surface area contributed by atoms with Crippen molar-refractivity contribution in [2.45, 2.75) is 19.8 Å². The Morgan fingerprint density at radius 1 is 1.50 bits per heavy atom. The summed E-state index contributed by atoms with van der Waals surface area (Å²) in [5.74, 6) is 0.164. The van der Waals surface area contributed by atoms with Crippen molar-refractivity contribution in [2.24, 2.45) is 11.8 Å². The smallest absolute Gasteiger partial charge is 0.323 e. The fraction of sp³-hybridized carbons (Fsp3) is 0.833. The van der Waals surface area contributed by atoms with Crippen LogP contribution in [0.5, 0.6) is 0 Å². The van der Waals surface area contributed by atoms with Gasteiger partial charge in [-0.2, -0.15) is 0 Å². The summed E-state index contributed by atoms with van der Waals surface area (Å²) < 4.78 is 4.86. The Kier molecular flexibility index (Phi) is 5.91. The zero-order valence-corrected chi connectivity index (χ0v) is 11.0. The summed E-state index contributed by atoms with van der Waals surface area (Å²) in [5, 5.41) is 11.5. The molecule has 2 N–H and O–H groups in total. The molecule has 0 radical (unpaired) electrons. The largest absolute Gasteiger partial charge is 0.480 e. The van der Waals surface area contributed by atoms with E-state index >= 15 is 0 Å². The summed E-state index contributed by atoms with van der Waals surface area (Å²) in [6.07, 6.45) is 2.47. The van der Waals surface area contributed by atoms with Crippen molar-refractivity contribution in [1.82, 2.24) is 10.2 Å². The normalized spacial score (nSPS) is 16.1. The quantitative estimate of drug-likeness (QED) is 0.674. The molecule has 0 heterocycles. The minimum atomic E-state index is -1.02. The maximum atomic E-state index is 11.8. The van der Waals surface area contributed by atoms with Crippen LogP contribution in [0, 0.1) is 11.8 Å². The number of carboxylic acid groups (broad SMARTS) is 1. The number of hydrogen-bond acceptors (Lipinski definition) is 3. The van der Waals surface area contributed by atoms with Crippen LogP contribution in [0.4, 0.5) is 4.79 Å². The average molecular weight is 258 g/mol. The molecule has 6 heteroatoms. The first-order chi connectivity index (χ1) is 8.54. The summed E-state index contributed by atoms with van der Waals surface area (Å²) >= 11 is 0. The first kappa shape index (κ1) is 14.8. The van der Waals surface area contributed by atoms with Crippen molar-refractivity contribution in [1.29, 1.82) is 0 Å². The highest BCUT2D eigenvalue weighted by Gasteiger charge is 2.28. The minimum absolute atomic E-state index is 0.284. The molecule has 0 aromatic heterocycles. The number of nitrogens with one attached hydrogen (secondary N) is 1. The molecule has 0 aromatic rings. The van der Waals surface area contributed by atoms with E-state index in [2.05, 4.69) is 12.2 Å². The molecule has 0 aromatic carbocycles. The number of rotatable bonds is 8. The van der Waals surface area contributed by atoms with Gasteiger partial charge in [0.15, 0.2) is 0 Å². The fourth-order valence-corrected chi connectivity index (χ4v) is 1.81. The molecular formula is C12H22N2O4. The van der Waals surface area contributed by atoms with Crippen LogP contribution in [-0.2, 0) is 9.53 Å². The molecule has 1 saturated carbocycles. The lowest BCUT2D eigenvalue weighted by molar-refractivity contribution is -0.137. The molecule has 1 unspecified atom stereocenters. The predicted octanol–water partition coefficient (Wildman–Crippen LogP) is 0.775. The molecule has 1 aliphatic rings. The van der Waals surface area contributed by atoms with Gasteiger partial charge in [0.1, 0.15) is 6.54 Å². The first-order valence-corrected chi connectivity index (χ1v) is 6.28. The van der Waals surface area contributed by atoms with Gasteiger partial charge >= 0.3 is 12.0 Å². The van der Waals surface area contributed by atoms with Crippen LogP contribution < -0.4 is 5.32 Å². The molecule has 0 spiro atoms. The third-order valence-corrected chi connectivity index (χ3v) is 3.18. The van der Waals surface area contributed by atoms with Gasteiger partial charge in [-0.1, -0.05) is 6.92 Å². The molecule has 104 valence electrons. The van der Waals surface area contributed by atoms with Gasteiger partial charge in [-0.25, -0.2) is 4.79 Å². The number of amides is 2. The van der Waals surface area contributed by atoms with Gasteiger partial charge in [-0.15, -0.1) is 0 Å². The van der Waals surface area contributed by atoms with Gasteiger partial charge in [0, 0.05) is 20.2 Å². The van der Waals surface area contributed by atoms with Crippen LogP contribution >= 0.6 is 0 Å². The standard InChI is InChI=1S/C12H22N2O4/c1-9(10-3-4-10)7-13-12(17)14(5-6-18-2)8-11(15)16/h9-10H,3-8H2,1-2H3,(H,13,17)(H,15,16). The van der Waals surface area contributed by atoms with E-state index in [0.717, 1.165) is 5.92 Å². The molecule has 2 amide bonds. The van der Waals surface area contributed by atoms with Gasteiger partial charge < -0.3 is 20.1 Å². The number of nitrogens with zero attached hydrogens (tertiary/aromatic N) is 1. The number of carboxylic acids is 1. The van der Waals surface area contributed by atoms with Crippen LogP contribution in [0.2, 0.25) is 0 Å². The molecule has 18 heavy (non-hydrogen) atoms. The van der Waals surface area contributed by atoms with Gasteiger partial charge in [0.25, 0.3) is 0 Å². The third kappa shape index (κ3) is 5.35. The summed E-state index contributed by atoms with van der Waals surface area (Å²) in [6.45, 7) is 3.03. The Balaban J connectivity index is 2.33. The Labute approximate surface area is 107 Å². The lowest BCUT2D eigenvalue weighted by Crippen LogP contribution is -2.45. The molecule has 0 saturated heterocycles. The Bertz CT molecular complexity index is 292. The first-order valence-electron chi connectivity index (χ1n) is 6.28. The lowest BCUT2D eigenvalue weighted by Gasteiger charge is -2.22. The molecule has 1 atom stereocenters. The average Bonchev–Trinajstić information content (AvgIpc) is 3.14. The zero-order chi connectivity index (χ0) is 13.5. The predicted molar refractivity (Wildman–Crippen MR) is 66.4 cm³/mol. The van der Waals surface area contributed by atoms with Crippen LogP contribution in [0.25, 0.3) is 0 Å². The van der Waals surface area contributed by atoms with Crippen LogP contribution in [0.3, 0.4) is 0 Å². The van der Waals surface area contributed by atoms with Gasteiger partial charge in [-0.3, -0.25) is 4.79 Å². The molecule has 1 aliphatic carbocycles. The van der Waals surface area contributed by atoms with E-state index < -0.39 is 5.97 Å². The summed E-state index contributed by atoms with van der Waals surface area (Å²) in [5.41, 5.74) is 0. The SMILES string of the molecule is COCCN(CC(=O)O)C(=O)NCC(C)C1CC1.